The maximum atomic E-state index is 10.00. The van der Waals surface area contributed by atoms with E-state index in [9.17, 15) is 30.6 Å². The smallest absolute Gasteiger partial charge is 0.187 e. The molecule has 0 aliphatic carbocycles. The molecule has 0 amide bonds. The van der Waals surface area contributed by atoms with Gasteiger partial charge in [-0.3, -0.25) is 0 Å². The summed E-state index contributed by atoms with van der Waals surface area (Å²) in [5.74, 6) is 0. The minimum Gasteiger partial charge on any atom is -0.394 e. The Bertz CT molecular complexity index is 380. The van der Waals surface area contributed by atoms with Crippen molar-refractivity contribution < 1.29 is 55.1 Å². The topological polar surface area (TPSA) is 190 Å². The molecule has 0 bridgehead atoms. The van der Waals surface area contributed by atoms with Crippen molar-refractivity contribution in [1.82, 2.24) is 0 Å². The molecule has 4 unspecified atom stereocenters. The number of rotatable bonds is 4. The molecule has 2 rings (SSSR count). The molecule has 11 nitrogen and oxygen atoms in total. The summed E-state index contributed by atoms with van der Waals surface area (Å²) in [6.07, 6.45) is -15.7. The third kappa shape index (κ3) is 3.65. The van der Waals surface area contributed by atoms with Gasteiger partial charge in [-0.05, 0) is 0 Å². The van der Waals surface area contributed by atoms with Gasteiger partial charge in [0.05, 0.1) is 13.2 Å². The molecule has 0 saturated carbocycles. The van der Waals surface area contributed by atoms with Crippen LogP contribution in [0.25, 0.3) is 0 Å². The van der Waals surface area contributed by atoms with E-state index >= 15 is 0 Å². The predicted octanol–water partition coefficient (Wildman–Crippen LogP) is -5.40. The van der Waals surface area contributed by atoms with Crippen LogP contribution >= 0.6 is 0 Å². The van der Waals surface area contributed by atoms with E-state index < -0.39 is 74.6 Å². The molecule has 23 heavy (non-hydrogen) atoms. The molecule has 2 aliphatic rings. The van der Waals surface area contributed by atoms with Gasteiger partial charge < -0.3 is 55.1 Å². The van der Waals surface area contributed by atoms with Crippen molar-refractivity contribution in [3.8, 4) is 0 Å². The van der Waals surface area contributed by atoms with Gasteiger partial charge in [0, 0.05) is 0 Å². The van der Waals surface area contributed by atoms with Gasteiger partial charge in [-0.2, -0.15) is 0 Å². The van der Waals surface area contributed by atoms with Crippen molar-refractivity contribution in [2.45, 2.75) is 61.4 Å². The molecule has 0 aromatic heterocycles. The number of ether oxygens (including phenoxy) is 3. The van der Waals surface area contributed by atoms with Crippen LogP contribution in [0.1, 0.15) is 0 Å². The van der Waals surface area contributed by atoms with E-state index in [1.807, 2.05) is 0 Å². The van der Waals surface area contributed by atoms with Crippen LogP contribution in [0.15, 0.2) is 0 Å². The molecular formula is C12H22O11. The van der Waals surface area contributed by atoms with Gasteiger partial charge in [0.2, 0.25) is 0 Å². The Balaban J connectivity index is 2.11. The van der Waals surface area contributed by atoms with E-state index in [1.165, 1.54) is 0 Å². The zero-order chi connectivity index (χ0) is 17.3. The molecule has 0 aromatic rings. The normalized spacial score (nSPS) is 51.7. The molecule has 0 aromatic carbocycles. The lowest BCUT2D eigenvalue weighted by atomic mass is 9.97. The summed E-state index contributed by atoms with van der Waals surface area (Å²) in [6.45, 7) is -1.34. The van der Waals surface area contributed by atoms with Gasteiger partial charge in [0.15, 0.2) is 12.6 Å². The Morgan fingerprint density at radius 3 is 1.78 bits per heavy atom. The van der Waals surface area contributed by atoms with Crippen LogP contribution in [0.2, 0.25) is 0 Å². The van der Waals surface area contributed by atoms with Crippen molar-refractivity contribution in [3.63, 3.8) is 0 Å². The largest absolute Gasteiger partial charge is 0.394 e. The maximum Gasteiger partial charge on any atom is 0.187 e. The first kappa shape index (κ1) is 18.9. The first-order valence-corrected chi connectivity index (χ1v) is 7.08. The number of aliphatic hydroxyl groups is 8. The Morgan fingerprint density at radius 1 is 0.652 bits per heavy atom. The molecule has 2 saturated heterocycles. The Labute approximate surface area is 130 Å². The standard InChI is InChI=1S/C12H22O11/c13-1-3-5(15)7(17)8(18)12(22-3)23-10-6(16)4(2-14)21-11(20)9(10)19/h3-20H,1-2H2/t3?,4?,5-,6-,7-,8?,9?,10-,11+,12-/m0/s1. The summed E-state index contributed by atoms with van der Waals surface area (Å²) >= 11 is 0. The summed E-state index contributed by atoms with van der Waals surface area (Å²) < 4.78 is 15.1. The van der Waals surface area contributed by atoms with Gasteiger partial charge in [0.25, 0.3) is 0 Å². The van der Waals surface area contributed by atoms with Crippen molar-refractivity contribution in [2.75, 3.05) is 13.2 Å². The fourth-order valence-corrected chi connectivity index (χ4v) is 2.56. The SMILES string of the molecule is OCC1O[C@@H](O[C@@H]2C(O)[C@H](O)OC(CO)[C@@H]2O)C(O)[C@@H](O)[C@H]1O. The number of aliphatic hydroxyl groups excluding tert-OH is 8. The van der Waals surface area contributed by atoms with Crippen LogP contribution in [0.3, 0.4) is 0 Å². The van der Waals surface area contributed by atoms with Gasteiger partial charge in [0.1, 0.15) is 48.8 Å². The lowest BCUT2D eigenvalue weighted by Crippen LogP contribution is -2.64. The van der Waals surface area contributed by atoms with E-state index in [4.69, 9.17) is 24.4 Å². The highest BCUT2D eigenvalue weighted by Crippen LogP contribution is 2.28. The van der Waals surface area contributed by atoms with Gasteiger partial charge in [-0.15, -0.1) is 0 Å². The zero-order valence-corrected chi connectivity index (χ0v) is 12.0. The van der Waals surface area contributed by atoms with Gasteiger partial charge in [-0.25, -0.2) is 0 Å². The second-order valence-electron chi connectivity index (χ2n) is 5.53. The summed E-state index contributed by atoms with van der Waals surface area (Å²) in [7, 11) is 0. The van der Waals surface area contributed by atoms with Crippen LogP contribution in [0.4, 0.5) is 0 Å². The second kappa shape index (κ2) is 7.63. The summed E-state index contributed by atoms with van der Waals surface area (Å²) in [5, 5.41) is 76.8. The van der Waals surface area contributed by atoms with Crippen LogP contribution in [0, 0.1) is 0 Å². The third-order valence-electron chi connectivity index (χ3n) is 3.98. The quantitative estimate of drug-likeness (QED) is 0.243. The Morgan fingerprint density at radius 2 is 1.22 bits per heavy atom. The molecule has 136 valence electrons. The maximum absolute atomic E-state index is 10.00. The van der Waals surface area contributed by atoms with E-state index in [0.29, 0.717) is 0 Å². The van der Waals surface area contributed by atoms with Gasteiger partial charge in [-0.1, -0.05) is 0 Å². The lowest BCUT2D eigenvalue weighted by Gasteiger charge is -2.45. The fourth-order valence-electron chi connectivity index (χ4n) is 2.56. The van der Waals surface area contributed by atoms with E-state index in [2.05, 4.69) is 0 Å². The average Bonchev–Trinajstić information content (AvgIpc) is 2.54. The number of hydrogen-bond donors (Lipinski definition) is 8. The van der Waals surface area contributed by atoms with E-state index in [-0.39, 0.29) is 0 Å². The summed E-state index contributed by atoms with van der Waals surface area (Å²) in [5.41, 5.74) is 0. The van der Waals surface area contributed by atoms with Crippen LogP contribution in [-0.4, -0.2) is 115 Å². The van der Waals surface area contributed by atoms with E-state index in [0.717, 1.165) is 0 Å². The third-order valence-corrected chi connectivity index (χ3v) is 3.98. The van der Waals surface area contributed by atoms with Crippen LogP contribution < -0.4 is 0 Å². The Kier molecular flexibility index (Phi) is 6.27. The highest BCUT2D eigenvalue weighted by Gasteiger charge is 2.50. The molecule has 0 spiro atoms. The highest BCUT2D eigenvalue weighted by atomic mass is 16.7. The first-order chi connectivity index (χ1) is 10.8. The Hall–Kier alpha value is -0.440. The molecular weight excluding hydrogens is 320 g/mol. The molecule has 2 heterocycles. The monoisotopic (exact) mass is 342 g/mol. The second-order valence-corrected chi connectivity index (χ2v) is 5.53. The summed E-state index contributed by atoms with van der Waals surface area (Å²) in [4.78, 5) is 0. The lowest BCUT2D eigenvalue weighted by molar-refractivity contribution is -0.355. The molecule has 8 N–H and O–H groups in total. The van der Waals surface area contributed by atoms with Crippen LogP contribution in [-0.2, 0) is 14.2 Å². The molecule has 10 atom stereocenters. The predicted molar refractivity (Wildman–Crippen MR) is 68.6 cm³/mol. The fraction of sp³-hybridized carbons (Fsp3) is 1.00. The molecule has 11 heteroatoms. The zero-order valence-electron chi connectivity index (χ0n) is 12.0. The van der Waals surface area contributed by atoms with Crippen molar-refractivity contribution in [3.05, 3.63) is 0 Å². The number of hydrogen-bond acceptors (Lipinski definition) is 11. The summed E-state index contributed by atoms with van der Waals surface area (Å²) in [6, 6.07) is 0. The van der Waals surface area contributed by atoms with E-state index in [1.54, 1.807) is 0 Å². The average molecular weight is 342 g/mol. The van der Waals surface area contributed by atoms with Crippen molar-refractivity contribution in [2.24, 2.45) is 0 Å². The highest BCUT2D eigenvalue weighted by molar-refractivity contribution is 4.93. The minimum absolute atomic E-state index is 0.667. The van der Waals surface area contributed by atoms with Crippen molar-refractivity contribution >= 4 is 0 Å². The molecule has 2 fully saturated rings. The van der Waals surface area contributed by atoms with Crippen molar-refractivity contribution in [1.29, 1.82) is 0 Å². The van der Waals surface area contributed by atoms with Crippen LogP contribution in [0.5, 0.6) is 0 Å². The molecule has 0 radical (unpaired) electrons. The minimum atomic E-state index is -1.76. The first-order valence-electron chi connectivity index (χ1n) is 7.08. The molecule has 2 aliphatic heterocycles. The van der Waals surface area contributed by atoms with Gasteiger partial charge >= 0.3 is 0 Å².